The lowest BCUT2D eigenvalue weighted by molar-refractivity contribution is 0.147. The number of ether oxygens (including phenoxy) is 1. The Kier molecular flexibility index (Phi) is 3.92. The Bertz CT molecular complexity index is 675. The van der Waals surface area contributed by atoms with Gasteiger partial charge in [-0.2, -0.15) is 0 Å². The fraction of sp³-hybridized carbons (Fsp3) is 0.188. The third-order valence-corrected chi connectivity index (χ3v) is 4.09. The van der Waals surface area contributed by atoms with E-state index >= 15 is 0 Å². The number of benzene rings is 2. The van der Waals surface area contributed by atoms with Gasteiger partial charge in [0.1, 0.15) is 12.4 Å². The third kappa shape index (κ3) is 2.78. The van der Waals surface area contributed by atoms with Crippen LogP contribution in [0, 0.1) is 5.82 Å². The smallest absolute Gasteiger partial charge is 0.414 e. The Balaban J connectivity index is 1.72. The molecule has 0 aliphatic carbocycles. The van der Waals surface area contributed by atoms with Crippen molar-refractivity contribution in [2.45, 2.75) is 13.0 Å². The molecule has 108 valence electrons. The highest BCUT2D eigenvalue weighted by Crippen LogP contribution is 2.34. The number of amides is 1. The number of fused-ring (bicyclic) bond motifs is 1. The second kappa shape index (κ2) is 5.85. The number of anilines is 1. The topological polar surface area (TPSA) is 29.5 Å². The van der Waals surface area contributed by atoms with Crippen molar-refractivity contribution < 1.29 is 13.9 Å². The van der Waals surface area contributed by atoms with Gasteiger partial charge in [-0.25, -0.2) is 9.18 Å². The predicted molar refractivity (Wildman–Crippen MR) is 81.8 cm³/mol. The fourth-order valence-electron chi connectivity index (χ4n) is 2.40. The maximum absolute atomic E-state index is 14.0. The van der Waals surface area contributed by atoms with E-state index in [0.717, 1.165) is 5.56 Å². The molecule has 21 heavy (non-hydrogen) atoms. The predicted octanol–water partition coefficient (Wildman–Crippen LogP) is 4.29. The Morgan fingerprint density at radius 3 is 2.76 bits per heavy atom. The zero-order chi connectivity index (χ0) is 14.8. The molecule has 0 fully saturated rings. The van der Waals surface area contributed by atoms with Crippen molar-refractivity contribution in [1.82, 2.24) is 0 Å². The average molecular weight is 350 g/mol. The minimum atomic E-state index is -0.445. The largest absolute Gasteiger partial charge is 0.444 e. The molecule has 3 rings (SSSR count). The molecule has 2 aromatic carbocycles. The second-order valence-electron chi connectivity index (χ2n) is 4.80. The van der Waals surface area contributed by atoms with Crippen LogP contribution in [0.2, 0.25) is 0 Å². The van der Waals surface area contributed by atoms with Crippen LogP contribution in [0.15, 0.2) is 46.9 Å². The van der Waals surface area contributed by atoms with Gasteiger partial charge in [0.25, 0.3) is 0 Å². The van der Waals surface area contributed by atoms with Crippen molar-refractivity contribution >= 4 is 27.7 Å². The number of halogens is 2. The molecule has 0 saturated heterocycles. The highest BCUT2D eigenvalue weighted by Gasteiger charge is 2.28. The van der Waals surface area contributed by atoms with E-state index in [1.165, 1.54) is 4.90 Å². The highest BCUT2D eigenvalue weighted by atomic mass is 79.9. The summed E-state index contributed by atoms with van der Waals surface area (Å²) in [5.41, 5.74) is 2.07. The van der Waals surface area contributed by atoms with Crippen molar-refractivity contribution in [3.05, 3.63) is 63.9 Å². The third-order valence-electron chi connectivity index (χ3n) is 3.47. The van der Waals surface area contributed by atoms with E-state index in [9.17, 15) is 9.18 Å². The summed E-state index contributed by atoms with van der Waals surface area (Å²) in [5, 5.41) is 0. The zero-order valence-corrected chi connectivity index (χ0v) is 12.8. The maximum atomic E-state index is 14.0. The average Bonchev–Trinajstić information content (AvgIpc) is 2.94. The molecule has 1 heterocycles. The molecule has 5 heteroatoms. The Labute approximate surface area is 130 Å². The molecule has 1 amide bonds. The van der Waals surface area contributed by atoms with Crippen LogP contribution in [0.5, 0.6) is 0 Å². The normalized spacial score (nSPS) is 13.1. The number of carbonyl (C=O) groups excluding carboxylic acids is 1. The van der Waals surface area contributed by atoms with Crippen LogP contribution in [-0.4, -0.2) is 12.6 Å². The summed E-state index contributed by atoms with van der Waals surface area (Å²) >= 11 is 3.16. The first kappa shape index (κ1) is 14.1. The molecule has 0 spiro atoms. The van der Waals surface area contributed by atoms with E-state index < -0.39 is 6.09 Å². The van der Waals surface area contributed by atoms with E-state index in [-0.39, 0.29) is 12.4 Å². The van der Waals surface area contributed by atoms with Crippen LogP contribution in [0.1, 0.15) is 11.1 Å². The summed E-state index contributed by atoms with van der Waals surface area (Å²) in [4.78, 5) is 13.6. The Hall–Kier alpha value is -1.88. The lowest BCUT2D eigenvalue weighted by atomic mass is 10.1. The highest BCUT2D eigenvalue weighted by molar-refractivity contribution is 9.10. The lowest BCUT2D eigenvalue weighted by Crippen LogP contribution is -2.29. The Morgan fingerprint density at radius 2 is 2.00 bits per heavy atom. The van der Waals surface area contributed by atoms with Gasteiger partial charge in [0, 0.05) is 12.1 Å². The monoisotopic (exact) mass is 349 g/mol. The molecule has 0 saturated carbocycles. The number of nitrogens with zero attached hydrogens (tertiary/aromatic N) is 1. The van der Waals surface area contributed by atoms with E-state index in [0.29, 0.717) is 28.7 Å². The summed E-state index contributed by atoms with van der Waals surface area (Å²) in [6, 6.07) is 12.8. The first-order chi connectivity index (χ1) is 10.2. The molecule has 2 aromatic rings. The van der Waals surface area contributed by atoms with Gasteiger partial charge < -0.3 is 4.74 Å². The molecule has 0 atom stereocenters. The van der Waals surface area contributed by atoms with Gasteiger partial charge in [0.2, 0.25) is 0 Å². The molecule has 1 aliphatic rings. The van der Waals surface area contributed by atoms with Crippen molar-refractivity contribution in [1.29, 1.82) is 0 Å². The molecule has 0 aromatic heterocycles. The quantitative estimate of drug-likeness (QED) is 0.809. The van der Waals surface area contributed by atoms with E-state index in [2.05, 4.69) is 15.9 Å². The number of hydrogen-bond acceptors (Lipinski definition) is 2. The van der Waals surface area contributed by atoms with Crippen molar-refractivity contribution in [2.75, 3.05) is 11.4 Å². The van der Waals surface area contributed by atoms with Crippen molar-refractivity contribution in [3.63, 3.8) is 0 Å². The summed E-state index contributed by atoms with van der Waals surface area (Å²) in [6.45, 7) is 0.654. The summed E-state index contributed by atoms with van der Waals surface area (Å²) < 4.78 is 19.7. The SMILES string of the molecule is O=C(OCc1ccccc1)N1CCc2c1ccc(Br)c2F. The first-order valence-electron chi connectivity index (χ1n) is 6.62. The Morgan fingerprint density at radius 1 is 1.24 bits per heavy atom. The fourth-order valence-corrected chi connectivity index (χ4v) is 2.78. The minimum Gasteiger partial charge on any atom is -0.444 e. The summed E-state index contributed by atoms with van der Waals surface area (Å²) in [6.07, 6.45) is 0.0560. The van der Waals surface area contributed by atoms with Gasteiger partial charge in [-0.1, -0.05) is 30.3 Å². The molecule has 3 nitrogen and oxygen atoms in total. The van der Waals surface area contributed by atoms with Crippen LogP contribution in [0.3, 0.4) is 0 Å². The van der Waals surface area contributed by atoms with Crippen LogP contribution in [-0.2, 0) is 17.8 Å². The second-order valence-corrected chi connectivity index (χ2v) is 5.66. The zero-order valence-electron chi connectivity index (χ0n) is 11.2. The molecule has 0 unspecified atom stereocenters. The van der Waals surface area contributed by atoms with Gasteiger partial charge >= 0.3 is 6.09 Å². The van der Waals surface area contributed by atoms with E-state index in [1.807, 2.05) is 30.3 Å². The number of carbonyl (C=O) groups is 1. The molecule has 0 N–H and O–H groups in total. The molecule has 0 bridgehead atoms. The summed E-state index contributed by atoms with van der Waals surface area (Å²) in [5.74, 6) is -0.300. The first-order valence-corrected chi connectivity index (χ1v) is 7.41. The van der Waals surface area contributed by atoms with Gasteiger partial charge in [0.05, 0.1) is 10.2 Å². The maximum Gasteiger partial charge on any atom is 0.414 e. The van der Waals surface area contributed by atoms with Gasteiger partial charge in [-0.3, -0.25) is 4.90 Å². The molecular weight excluding hydrogens is 337 g/mol. The summed E-state index contributed by atoms with van der Waals surface area (Å²) in [7, 11) is 0. The van der Waals surface area contributed by atoms with Crippen LogP contribution < -0.4 is 4.90 Å². The van der Waals surface area contributed by atoms with E-state index in [4.69, 9.17) is 4.74 Å². The van der Waals surface area contributed by atoms with Gasteiger partial charge in [-0.15, -0.1) is 0 Å². The van der Waals surface area contributed by atoms with Crippen molar-refractivity contribution in [3.8, 4) is 0 Å². The van der Waals surface area contributed by atoms with Crippen LogP contribution in [0.4, 0.5) is 14.9 Å². The lowest BCUT2D eigenvalue weighted by Gasteiger charge is -2.17. The van der Waals surface area contributed by atoms with E-state index in [1.54, 1.807) is 12.1 Å². The van der Waals surface area contributed by atoms with Gasteiger partial charge in [-0.05, 0) is 40.0 Å². The minimum absolute atomic E-state index is 0.213. The van der Waals surface area contributed by atoms with Crippen LogP contribution >= 0.6 is 15.9 Å². The molecule has 1 aliphatic heterocycles. The number of rotatable bonds is 2. The van der Waals surface area contributed by atoms with Gasteiger partial charge in [0.15, 0.2) is 0 Å². The number of hydrogen-bond donors (Lipinski definition) is 0. The van der Waals surface area contributed by atoms with Crippen molar-refractivity contribution in [2.24, 2.45) is 0 Å². The molecular formula is C16H13BrFNO2. The standard InChI is InChI=1S/C16H13BrFNO2/c17-13-6-7-14-12(15(13)18)8-9-19(14)16(20)21-10-11-4-2-1-3-5-11/h1-7H,8-10H2. The molecule has 0 radical (unpaired) electrons. The van der Waals surface area contributed by atoms with Crippen LogP contribution in [0.25, 0.3) is 0 Å².